The van der Waals surface area contributed by atoms with Gasteiger partial charge in [-0.25, -0.2) is 4.98 Å². The number of anilines is 1. The molecular formula is C5H10N4S. The van der Waals surface area contributed by atoms with Gasteiger partial charge < -0.3 is 10.6 Å². The smallest absolute Gasteiger partial charge is 0.199 e. The first-order chi connectivity index (χ1) is 4.68. The Labute approximate surface area is 63.8 Å². The molecule has 0 atom stereocenters. The van der Waals surface area contributed by atoms with Crippen molar-refractivity contribution in [2.75, 3.05) is 19.8 Å². The van der Waals surface area contributed by atoms with Crippen molar-refractivity contribution in [2.24, 2.45) is 0 Å². The van der Waals surface area contributed by atoms with E-state index < -0.39 is 0 Å². The van der Waals surface area contributed by atoms with Gasteiger partial charge in [0.15, 0.2) is 11.0 Å². The Balaban J connectivity index is 2.58. The number of hydrogen-bond acceptors (Lipinski definition) is 5. The Hall–Kier alpha value is -0.680. The van der Waals surface area contributed by atoms with Crippen molar-refractivity contribution in [1.29, 1.82) is 0 Å². The van der Waals surface area contributed by atoms with E-state index in [9.17, 15) is 0 Å². The van der Waals surface area contributed by atoms with Gasteiger partial charge in [0.05, 0.1) is 6.54 Å². The van der Waals surface area contributed by atoms with Crippen molar-refractivity contribution in [3.63, 3.8) is 0 Å². The molecule has 0 aliphatic heterocycles. The van der Waals surface area contributed by atoms with Crippen LogP contribution in [0.25, 0.3) is 0 Å². The van der Waals surface area contributed by atoms with Gasteiger partial charge in [-0.05, 0) is 14.1 Å². The van der Waals surface area contributed by atoms with Gasteiger partial charge in [-0.3, -0.25) is 0 Å². The second-order valence-corrected chi connectivity index (χ2v) is 3.07. The fourth-order valence-corrected chi connectivity index (χ4v) is 1.06. The van der Waals surface area contributed by atoms with Gasteiger partial charge >= 0.3 is 0 Å². The molecule has 0 radical (unpaired) electrons. The zero-order valence-electron chi connectivity index (χ0n) is 6.03. The van der Waals surface area contributed by atoms with Crippen LogP contribution in [0.5, 0.6) is 0 Å². The van der Waals surface area contributed by atoms with E-state index in [0.29, 0.717) is 5.13 Å². The maximum atomic E-state index is 5.38. The third-order valence-corrected chi connectivity index (χ3v) is 1.52. The van der Waals surface area contributed by atoms with E-state index in [1.807, 2.05) is 19.0 Å². The lowest BCUT2D eigenvalue weighted by Gasteiger charge is -2.03. The fourth-order valence-electron chi connectivity index (χ4n) is 0.615. The molecule has 56 valence electrons. The van der Waals surface area contributed by atoms with E-state index in [2.05, 4.69) is 9.36 Å². The third-order valence-electron chi connectivity index (χ3n) is 0.941. The molecule has 2 N–H and O–H groups in total. The normalized spacial score (nSPS) is 10.7. The van der Waals surface area contributed by atoms with Gasteiger partial charge in [-0.1, -0.05) is 0 Å². The van der Waals surface area contributed by atoms with Gasteiger partial charge in [0.1, 0.15) is 0 Å². The Morgan fingerprint density at radius 2 is 2.30 bits per heavy atom. The first kappa shape index (κ1) is 7.43. The lowest BCUT2D eigenvalue weighted by atomic mass is 10.6. The minimum absolute atomic E-state index is 0.539. The molecule has 0 aliphatic carbocycles. The first-order valence-electron chi connectivity index (χ1n) is 2.91. The largest absolute Gasteiger partial charge is 0.374 e. The van der Waals surface area contributed by atoms with E-state index in [0.717, 1.165) is 12.4 Å². The molecule has 0 fully saturated rings. The maximum Gasteiger partial charge on any atom is 0.199 e. The molecule has 1 rings (SSSR count). The lowest BCUT2D eigenvalue weighted by molar-refractivity contribution is 0.393. The molecule has 0 aromatic carbocycles. The SMILES string of the molecule is CN(C)Cc1nsc(N)n1. The van der Waals surface area contributed by atoms with Gasteiger partial charge in [0, 0.05) is 11.5 Å². The average Bonchev–Trinajstić information content (AvgIpc) is 2.13. The van der Waals surface area contributed by atoms with Crippen LogP contribution < -0.4 is 5.73 Å². The first-order valence-corrected chi connectivity index (χ1v) is 3.68. The standard InChI is InChI=1S/C5H10N4S/c1-9(2)3-4-7-5(6)10-8-4/h3H2,1-2H3,(H2,6,7,8). The number of nitrogens with two attached hydrogens (primary N) is 1. The molecule has 0 saturated heterocycles. The highest BCUT2D eigenvalue weighted by Crippen LogP contribution is 2.05. The van der Waals surface area contributed by atoms with E-state index in [1.54, 1.807) is 0 Å². The minimum Gasteiger partial charge on any atom is -0.374 e. The summed E-state index contributed by atoms with van der Waals surface area (Å²) in [6.07, 6.45) is 0. The highest BCUT2D eigenvalue weighted by Gasteiger charge is 2.00. The van der Waals surface area contributed by atoms with E-state index >= 15 is 0 Å². The summed E-state index contributed by atoms with van der Waals surface area (Å²) in [5, 5.41) is 0.539. The topological polar surface area (TPSA) is 55.0 Å². The molecule has 0 unspecified atom stereocenters. The fraction of sp³-hybridized carbons (Fsp3) is 0.600. The Morgan fingerprint density at radius 1 is 1.60 bits per heavy atom. The molecule has 1 heterocycles. The molecule has 1 aromatic heterocycles. The predicted octanol–water partition coefficient (Wildman–Crippen LogP) is 0.182. The van der Waals surface area contributed by atoms with E-state index in [4.69, 9.17) is 5.73 Å². The van der Waals surface area contributed by atoms with Crippen molar-refractivity contribution in [3.05, 3.63) is 5.82 Å². The van der Waals surface area contributed by atoms with Crippen molar-refractivity contribution in [1.82, 2.24) is 14.3 Å². The second kappa shape index (κ2) is 2.94. The molecule has 0 spiro atoms. The van der Waals surface area contributed by atoms with Gasteiger partial charge in [-0.2, -0.15) is 4.37 Å². The summed E-state index contributed by atoms with van der Waals surface area (Å²) in [6.45, 7) is 0.758. The average molecular weight is 158 g/mol. The minimum atomic E-state index is 0.539. The summed E-state index contributed by atoms with van der Waals surface area (Å²) < 4.78 is 4.02. The molecule has 0 aliphatic rings. The molecule has 0 bridgehead atoms. The number of nitrogens with zero attached hydrogens (tertiary/aromatic N) is 3. The van der Waals surface area contributed by atoms with Crippen molar-refractivity contribution < 1.29 is 0 Å². The summed E-state index contributed by atoms with van der Waals surface area (Å²) in [6, 6.07) is 0. The molecule has 10 heavy (non-hydrogen) atoms. The summed E-state index contributed by atoms with van der Waals surface area (Å²) in [5.74, 6) is 0.799. The van der Waals surface area contributed by atoms with Crippen LogP contribution in [0.1, 0.15) is 5.82 Å². The zero-order valence-corrected chi connectivity index (χ0v) is 6.85. The summed E-state index contributed by atoms with van der Waals surface area (Å²) in [5.41, 5.74) is 5.38. The monoisotopic (exact) mass is 158 g/mol. The van der Waals surface area contributed by atoms with Crippen LogP contribution in [-0.2, 0) is 6.54 Å². The van der Waals surface area contributed by atoms with Crippen LogP contribution >= 0.6 is 11.5 Å². The Morgan fingerprint density at radius 3 is 2.70 bits per heavy atom. The number of hydrogen-bond donors (Lipinski definition) is 1. The molecular weight excluding hydrogens is 148 g/mol. The van der Waals surface area contributed by atoms with Gasteiger partial charge in [0.2, 0.25) is 0 Å². The van der Waals surface area contributed by atoms with Crippen LogP contribution in [0, 0.1) is 0 Å². The van der Waals surface area contributed by atoms with Gasteiger partial charge in [-0.15, -0.1) is 0 Å². The van der Waals surface area contributed by atoms with Crippen molar-refractivity contribution in [3.8, 4) is 0 Å². The Bertz CT molecular complexity index is 207. The number of aromatic nitrogens is 2. The quantitative estimate of drug-likeness (QED) is 0.667. The van der Waals surface area contributed by atoms with E-state index in [1.165, 1.54) is 11.5 Å². The summed E-state index contributed by atoms with van der Waals surface area (Å²) in [4.78, 5) is 6.00. The van der Waals surface area contributed by atoms with Crippen molar-refractivity contribution in [2.45, 2.75) is 6.54 Å². The molecule has 0 amide bonds. The Kier molecular flexibility index (Phi) is 2.18. The predicted molar refractivity (Wildman–Crippen MR) is 41.7 cm³/mol. The molecule has 4 nitrogen and oxygen atoms in total. The molecule has 5 heteroatoms. The summed E-state index contributed by atoms with van der Waals surface area (Å²) >= 11 is 1.24. The third kappa shape index (κ3) is 1.93. The highest BCUT2D eigenvalue weighted by atomic mass is 32.1. The van der Waals surface area contributed by atoms with Crippen LogP contribution in [0.15, 0.2) is 0 Å². The van der Waals surface area contributed by atoms with Crippen molar-refractivity contribution >= 4 is 16.7 Å². The van der Waals surface area contributed by atoms with Gasteiger partial charge in [0.25, 0.3) is 0 Å². The number of rotatable bonds is 2. The molecule has 0 saturated carbocycles. The molecule has 1 aromatic rings. The lowest BCUT2D eigenvalue weighted by Crippen LogP contribution is -2.11. The second-order valence-electron chi connectivity index (χ2n) is 2.29. The van der Waals surface area contributed by atoms with E-state index in [-0.39, 0.29) is 0 Å². The van der Waals surface area contributed by atoms with Crippen LogP contribution in [0.2, 0.25) is 0 Å². The van der Waals surface area contributed by atoms with Crippen LogP contribution in [0.4, 0.5) is 5.13 Å². The summed E-state index contributed by atoms with van der Waals surface area (Å²) in [7, 11) is 3.94. The maximum absolute atomic E-state index is 5.38. The van der Waals surface area contributed by atoms with Crippen LogP contribution in [-0.4, -0.2) is 28.4 Å². The zero-order chi connectivity index (χ0) is 7.56. The number of nitrogen functional groups attached to an aromatic ring is 1. The highest BCUT2D eigenvalue weighted by molar-refractivity contribution is 7.09. The van der Waals surface area contributed by atoms with Crippen LogP contribution in [0.3, 0.4) is 0 Å².